The molecule has 7 rings (SSSR count). The number of allylic oxidation sites excluding steroid dienone is 1. The van der Waals surface area contributed by atoms with Crippen molar-refractivity contribution in [2.45, 2.75) is 108 Å². The molecule has 4 aliphatic rings. The van der Waals surface area contributed by atoms with Crippen LogP contribution in [0.5, 0.6) is 5.75 Å². The number of fused-ring (bicyclic) bond motifs is 3. The number of nitrogens with one attached hydrogen (secondary N) is 3. The number of carbonyl (C=O) groups is 6. The van der Waals surface area contributed by atoms with Crippen molar-refractivity contribution < 1.29 is 33.9 Å². The number of carbonyl (C=O) groups excluding carboxylic acids is 6. The number of imide groups is 2. The normalized spacial score (nSPS) is 19.7. The van der Waals surface area contributed by atoms with Crippen LogP contribution in [0.1, 0.15) is 120 Å². The zero-order valence-corrected chi connectivity index (χ0v) is 34.2. The summed E-state index contributed by atoms with van der Waals surface area (Å²) in [5.74, 6) is -2.09. The average molecular weight is 817 g/mol. The van der Waals surface area contributed by atoms with Gasteiger partial charge in [-0.15, -0.1) is 0 Å². The summed E-state index contributed by atoms with van der Waals surface area (Å²) >= 11 is 0. The second kappa shape index (κ2) is 19.8. The highest BCUT2D eigenvalue weighted by Gasteiger charge is 2.46. The van der Waals surface area contributed by atoms with E-state index in [0.29, 0.717) is 48.4 Å². The largest absolute Gasteiger partial charge is 0.507 e. The number of phenols is 1. The molecule has 0 aliphatic carbocycles. The number of aromatic hydroxyl groups is 1. The molecule has 0 aromatic heterocycles. The number of likely N-dealkylation sites (tertiary alicyclic amines) is 1. The van der Waals surface area contributed by atoms with Crippen LogP contribution in [0.25, 0.3) is 0 Å². The van der Waals surface area contributed by atoms with Crippen LogP contribution in [0.3, 0.4) is 0 Å². The number of ketones is 1. The lowest BCUT2D eigenvalue weighted by atomic mass is 10.0. The first-order valence-electron chi connectivity index (χ1n) is 21.6. The summed E-state index contributed by atoms with van der Waals surface area (Å²) in [5, 5.41) is 18.6. The van der Waals surface area contributed by atoms with Gasteiger partial charge in [0.05, 0.1) is 16.7 Å². The van der Waals surface area contributed by atoms with E-state index in [1.165, 1.54) is 17.3 Å². The Hall–Kier alpha value is -5.98. The molecule has 60 heavy (non-hydrogen) atoms. The highest BCUT2D eigenvalue weighted by atomic mass is 16.3. The summed E-state index contributed by atoms with van der Waals surface area (Å²) in [6.07, 6.45) is 15.7. The van der Waals surface area contributed by atoms with E-state index in [2.05, 4.69) is 50.0 Å². The van der Waals surface area contributed by atoms with Gasteiger partial charge in [0.25, 0.3) is 11.8 Å². The average Bonchev–Trinajstić information content (AvgIpc) is 3.92. The van der Waals surface area contributed by atoms with E-state index in [0.717, 1.165) is 88.6 Å². The zero-order valence-electron chi connectivity index (χ0n) is 34.2. The van der Waals surface area contributed by atoms with Gasteiger partial charge < -0.3 is 25.5 Å². The van der Waals surface area contributed by atoms with Gasteiger partial charge in [0.2, 0.25) is 17.7 Å². The Morgan fingerprint density at radius 3 is 2.23 bits per heavy atom. The van der Waals surface area contributed by atoms with Crippen LogP contribution >= 0.6 is 0 Å². The molecule has 2 bridgehead atoms. The van der Waals surface area contributed by atoms with E-state index >= 15 is 0 Å². The third-order valence-electron chi connectivity index (χ3n) is 12.2. The Bertz CT molecular complexity index is 2100. The summed E-state index contributed by atoms with van der Waals surface area (Å²) in [7, 11) is 0. The molecule has 13 nitrogen and oxygen atoms in total. The van der Waals surface area contributed by atoms with Gasteiger partial charge in [-0.1, -0.05) is 75.3 Å². The van der Waals surface area contributed by atoms with Crippen molar-refractivity contribution in [3.05, 3.63) is 101 Å². The van der Waals surface area contributed by atoms with E-state index in [-0.39, 0.29) is 35.8 Å². The van der Waals surface area contributed by atoms with E-state index in [4.69, 9.17) is 0 Å². The summed E-state index contributed by atoms with van der Waals surface area (Å²) in [6, 6.07) is 20.1. The van der Waals surface area contributed by atoms with Gasteiger partial charge in [-0.05, 0) is 74.1 Å². The van der Waals surface area contributed by atoms with E-state index in [1.54, 1.807) is 42.5 Å². The molecule has 0 saturated carbocycles. The third kappa shape index (κ3) is 10.1. The molecular formula is C47H56N6O7. The first kappa shape index (κ1) is 42.2. The number of hydrogen-bond donors (Lipinski definition) is 4. The van der Waals surface area contributed by atoms with Crippen LogP contribution in [0.15, 0.2) is 79.0 Å². The van der Waals surface area contributed by atoms with Crippen LogP contribution in [0.4, 0.5) is 11.4 Å². The third-order valence-corrected chi connectivity index (χ3v) is 12.2. The number of unbranched alkanes of at least 4 members (excludes halogenated alkanes) is 8. The van der Waals surface area contributed by atoms with E-state index in [9.17, 15) is 33.9 Å². The van der Waals surface area contributed by atoms with Crippen LogP contribution in [0.2, 0.25) is 0 Å². The Labute approximate surface area is 351 Å². The van der Waals surface area contributed by atoms with Gasteiger partial charge in [0.15, 0.2) is 5.78 Å². The van der Waals surface area contributed by atoms with Crippen LogP contribution < -0.4 is 20.9 Å². The maximum Gasteiger partial charge on any atom is 0.264 e. The minimum Gasteiger partial charge on any atom is -0.507 e. The van der Waals surface area contributed by atoms with Gasteiger partial charge >= 0.3 is 0 Å². The monoisotopic (exact) mass is 816 g/mol. The van der Waals surface area contributed by atoms with Gasteiger partial charge in [-0.3, -0.25) is 39.0 Å². The summed E-state index contributed by atoms with van der Waals surface area (Å²) < 4.78 is 0. The lowest BCUT2D eigenvalue weighted by Crippen LogP contribution is -2.54. The molecule has 4 aliphatic heterocycles. The van der Waals surface area contributed by atoms with Crippen molar-refractivity contribution in [2.75, 3.05) is 36.4 Å². The molecule has 4 heterocycles. The SMILES string of the molecule is O=C(CCCCCCCCCCCNc1cccc2c1C(=O)N(C1CCC(=O)NC1=O)C2=O)NCCc1ccc(N2C[C@@H]3C[C@H]2CN3/C=C/C(=O)c2ccccc2O)cc1. The Kier molecular flexibility index (Phi) is 13.9. The number of piperazine rings is 1. The number of amides is 5. The molecule has 1 unspecified atom stereocenters. The Morgan fingerprint density at radius 1 is 0.783 bits per heavy atom. The van der Waals surface area contributed by atoms with Crippen molar-refractivity contribution in [1.29, 1.82) is 0 Å². The second-order valence-electron chi connectivity index (χ2n) is 16.4. The molecule has 5 amide bonds. The fourth-order valence-electron chi connectivity index (χ4n) is 8.95. The molecule has 0 radical (unpaired) electrons. The Balaban J connectivity index is 0.693. The molecule has 3 aromatic carbocycles. The summed E-state index contributed by atoms with van der Waals surface area (Å²) in [5.41, 5.74) is 3.87. The molecule has 3 fully saturated rings. The molecule has 3 saturated heterocycles. The zero-order chi connectivity index (χ0) is 42.0. The van der Waals surface area contributed by atoms with Gasteiger partial charge in [0.1, 0.15) is 11.8 Å². The highest BCUT2D eigenvalue weighted by molar-refractivity contribution is 6.25. The molecular weight excluding hydrogens is 761 g/mol. The molecule has 316 valence electrons. The molecule has 3 aromatic rings. The van der Waals surface area contributed by atoms with Crippen molar-refractivity contribution >= 4 is 46.7 Å². The fourth-order valence-corrected chi connectivity index (χ4v) is 8.95. The fraction of sp³-hybridized carbons (Fsp3) is 0.447. The Morgan fingerprint density at radius 2 is 1.52 bits per heavy atom. The maximum absolute atomic E-state index is 13.3. The van der Waals surface area contributed by atoms with Gasteiger partial charge in [-0.2, -0.15) is 0 Å². The summed E-state index contributed by atoms with van der Waals surface area (Å²) in [6.45, 7) is 3.05. The number of nitrogens with zero attached hydrogens (tertiary/aromatic N) is 3. The molecule has 3 atom stereocenters. The molecule has 0 spiro atoms. The van der Waals surface area contributed by atoms with E-state index in [1.807, 2.05) is 6.20 Å². The number of para-hydroxylation sites is 1. The number of rotatable bonds is 21. The van der Waals surface area contributed by atoms with Gasteiger partial charge in [-0.25, -0.2) is 0 Å². The van der Waals surface area contributed by atoms with Crippen molar-refractivity contribution in [3.8, 4) is 5.75 Å². The number of phenolic OH excluding ortho intramolecular Hbond substituents is 1. The molecule has 13 heteroatoms. The van der Waals surface area contributed by atoms with Crippen LogP contribution in [-0.4, -0.2) is 94.5 Å². The predicted molar refractivity (Wildman–Crippen MR) is 229 cm³/mol. The highest BCUT2D eigenvalue weighted by Crippen LogP contribution is 2.35. The topological polar surface area (TPSA) is 168 Å². The minimum atomic E-state index is -0.976. The number of hydrogen-bond acceptors (Lipinski definition) is 10. The van der Waals surface area contributed by atoms with Crippen LogP contribution in [-0.2, 0) is 20.8 Å². The van der Waals surface area contributed by atoms with Gasteiger partial charge in [0, 0.05) is 74.8 Å². The van der Waals surface area contributed by atoms with E-state index < -0.39 is 29.7 Å². The summed E-state index contributed by atoms with van der Waals surface area (Å²) in [4.78, 5) is 80.9. The smallest absolute Gasteiger partial charge is 0.264 e. The second-order valence-corrected chi connectivity index (χ2v) is 16.4. The first-order chi connectivity index (χ1) is 29.2. The number of benzene rings is 3. The quantitative estimate of drug-likeness (QED) is 0.0425. The maximum atomic E-state index is 13.3. The standard InChI is InChI=1S/C47H56N6O7/c54-40-16-10-9-13-36(40)41(55)25-28-51-30-35-29-34(51)31-52(35)33-20-18-32(19-21-33)24-27-49-42(56)17-8-6-4-2-1-3-5-7-11-26-48-38-15-12-14-37-44(38)47(60)53(46(37)59)39-22-23-43(57)50-45(39)58/h9-10,12-16,18-21,25,28,34-35,39,48,54H,1-8,11,17,22-24,26-27,29-31H2,(H,49,56)(H,50,57,58)/b28-25+/t34-,35-,39?/m0/s1. The van der Waals surface area contributed by atoms with Crippen molar-refractivity contribution in [2.24, 2.45) is 0 Å². The lowest BCUT2D eigenvalue weighted by Gasteiger charge is -2.35. The van der Waals surface area contributed by atoms with Crippen molar-refractivity contribution in [1.82, 2.24) is 20.4 Å². The predicted octanol–water partition coefficient (Wildman–Crippen LogP) is 6.12. The first-order valence-corrected chi connectivity index (χ1v) is 21.6. The number of piperidine rings is 1. The number of anilines is 2. The van der Waals surface area contributed by atoms with Crippen molar-refractivity contribution in [3.63, 3.8) is 0 Å². The minimum absolute atomic E-state index is 0.000563. The molecule has 4 N–H and O–H groups in total. The lowest BCUT2D eigenvalue weighted by molar-refractivity contribution is -0.136. The van der Waals surface area contributed by atoms with Crippen LogP contribution in [0, 0.1) is 0 Å².